The first-order chi connectivity index (χ1) is 9.03. The van der Waals surface area contributed by atoms with Crippen LogP contribution >= 0.6 is 0 Å². The van der Waals surface area contributed by atoms with Gasteiger partial charge in [0.05, 0.1) is 20.3 Å². The summed E-state index contributed by atoms with van der Waals surface area (Å²) < 4.78 is 4.95. The SMILES string of the molecule is COc1ccc(C=CC(=O)O)cc1.OCC(O)CO. The predicted molar refractivity (Wildman–Crippen MR) is 69.8 cm³/mol. The van der Waals surface area contributed by atoms with Crippen molar-refractivity contribution < 1.29 is 30.0 Å². The molecule has 6 nitrogen and oxygen atoms in total. The second-order valence-corrected chi connectivity index (χ2v) is 3.46. The molecular formula is C13H18O6. The number of carboxylic acids is 1. The Morgan fingerprint density at radius 1 is 1.26 bits per heavy atom. The molecule has 0 aliphatic rings. The monoisotopic (exact) mass is 270 g/mol. The van der Waals surface area contributed by atoms with E-state index in [0.717, 1.165) is 17.4 Å². The molecule has 0 aromatic heterocycles. The highest BCUT2D eigenvalue weighted by atomic mass is 16.5. The number of aliphatic hydroxyl groups is 3. The van der Waals surface area contributed by atoms with E-state index < -0.39 is 12.1 Å². The third-order valence-corrected chi connectivity index (χ3v) is 1.96. The standard InChI is InChI=1S/C10H10O3.C3H8O3/c1-13-9-5-2-8(3-6-9)4-7-10(11)12;4-1-3(6)2-5/h2-7H,1H3,(H,11,12);3-6H,1-2H2. The van der Waals surface area contributed by atoms with E-state index in [2.05, 4.69) is 0 Å². The van der Waals surface area contributed by atoms with E-state index in [1.165, 1.54) is 6.08 Å². The summed E-state index contributed by atoms with van der Waals surface area (Å²) in [6, 6.07) is 7.14. The Morgan fingerprint density at radius 3 is 2.11 bits per heavy atom. The fraction of sp³-hybridized carbons (Fsp3) is 0.308. The fourth-order valence-electron chi connectivity index (χ4n) is 0.940. The van der Waals surface area contributed by atoms with Gasteiger partial charge < -0.3 is 25.2 Å². The lowest BCUT2D eigenvalue weighted by atomic mass is 10.2. The summed E-state index contributed by atoms with van der Waals surface area (Å²) in [5.74, 6) is -0.191. The summed E-state index contributed by atoms with van der Waals surface area (Å²) in [6.07, 6.45) is 1.67. The molecule has 0 atom stereocenters. The van der Waals surface area contributed by atoms with Crippen LogP contribution in [0.5, 0.6) is 5.75 Å². The zero-order chi connectivity index (χ0) is 14.7. The molecule has 0 heterocycles. The van der Waals surface area contributed by atoms with Crippen molar-refractivity contribution >= 4 is 12.0 Å². The van der Waals surface area contributed by atoms with Crippen LogP contribution in [-0.2, 0) is 4.79 Å². The summed E-state index contributed by atoms with van der Waals surface area (Å²) in [4.78, 5) is 10.2. The average molecular weight is 270 g/mol. The molecule has 1 aromatic rings. The van der Waals surface area contributed by atoms with Crippen LogP contribution in [0.3, 0.4) is 0 Å². The molecule has 0 saturated carbocycles. The molecule has 0 spiro atoms. The van der Waals surface area contributed by atoms with Gasteiger partial charge in [0.25, 0.3) is 0 Å². The highest BCUT2D eigenvalue weighted by molar-refractivity contribution is 5.85. The van der Waals surface area contributed by atoms with Crippen LogP contribution in [0.25, 0.3) is 6.08 Å². The molecule has 0 aliphatic heterocycles. The number of carbonyl (C=O) groups is 1. The number of carboxylic acid groups (broad SMARTS) is 1. The molecule has 0 bridgehead atoms. The highest BCUT2D eigenvalue weighted by Crippen LogP contribution is 2.11. The number of ether oxygens (including phenoxy) is 1. The average Bonchev–Trinajstić information content (AvgIpc) is 2.45. The van der Waals surface area contributed by atoms with Gasteiger partial charge in [-0.3, -0.25) is 0 Å². The van der Waals surface area contributed by atoms with Gasteiger partial charge in [0.2, 0.25) is 0 Å². The van der Waals surface area contributed by atoms with E-state index in [0.29, 0.717) is 0 Å². The van der Waals surface area contributed by atoms with Gasteiger partial charge in [0.1, 0.15) is 11.9 Å². The van der Waals surface area contributed by atoms with Gasteiger partial charge in [-0.15, -0.1) is 0 Å². The van der Waals surface area contributed by atoms with Crippen molar-refractivity contribution in [1.29, 1.82) is 0 Å². The molecule has 0 saturated heterocycles. The van der Waals surface area contributed by atoms with Gasteiger partial charge in [0, 0.05) is 6.08 Å². The summed E-state index contributed by atoms with van der Waals surface area (Å²) in [6.45, 7) is -0.729. The number of hydrogen-bond acceptors (Lipinski definition) is 5. The largest absolute Gasteiger partial charge is 0.497 e. The third-order valence-electron chi connectivity index (χ3n) is 1.96. The van der Waals surface area contributed by atoms with E-state index in [4.69, 9.17) is 25.2 Å². The second-order valence-electron chi connectivity index (χ2n) is 3.46. The van der Waals surface area contributed by atoms with E-state index in [-0.39, 0.29) is 13.2 Å². The van der Waals surface area contributed by atoms with Crippen molar-refractivity contribution in [2.45, 2.75) is 6.10 Å². The maximum absolute atomic E-state index is 10.2. The number of rotatable bonds is 5. The molecule has 6 heteroatoms. The molecule has 0 aliphatic carbocycles. The molecule has 19 heavy (non-hydrogen) atoms. The summed E-state index contributed by atoms with van der Waals surface area (Å²) >= 11 is 0. The highest BCUT2D eigenvalue weighted by Gasteiger charge is 1.93. The lowest BCUT2D eigenvalue weighted by molar-refractivity contribution is -0.131. The maximum atomic E-state index is 10.2. The van der Waals surface area contributed by atoms with E-state index >= 15 is 0 Å². The zero-order valence-electron chi connectivity index (χ0n) is 10.6. The minimum atomic E-state index is -0.954. The van der Waals surface area contributed by atoms with Crippen LogP contribution in [0.2, 0.25) is 0 Å². The summed E-state index contributed by atoms with van der Waals surface area (Å²) in [5, 5.41) is 32.4. The first-order valence-electron chi connectivity index (χ1n) is 5.48. The molecule has 4 N–H and O–H groups in total. The lowest BCUT2D eigenvalue weighted by Crippen LogP contribution is -2.15. The molecule has 0 amide bonds. The van der Waals surface area contributed by atoms with E-state index in [1.54, 1.807) is 31.4 Å². The fourth-order valence-corrected chi connectivity index (χ4v) is 0.940. The molecule has 106 valence electrons. The van der Waals surface area contributed by atoms with Crippen molar-refractivity contribution in [1.82, 2.24) is 0 Å². The normalized spacial score (nSPS) is 10.2. The van der Waals surface area contributed by atoms with Crippen molar-refractivity contribution in [3.05, 3.63) is 35.9 Å². The number of methoxy groups -OCH3 is 1. The molecular weight excluding hydrogens is 252 g/mol. The molecule has 1 rings (SSSR count). The van der Waals surface area contributed by atoms with Crippen molar-refractivity contribution in [3.8, 4) is 5.75 Å². The minimum absolute atomic E-state index is 0.365. The molecule has 0 radical (unpaired) electrons. The van der Waals surface area contributed by atoms with Gasteiger partial charge in [0.15, 0.2) is 0 Å². The Bertz CT molecular complexity index is 381. The van der Waals surface area contributed by atoms with Crippen molar-refractivity contribution in [2.24, 2.45) is 0 Å². The molecule has 0 fully saturated rings. The predicted octanol–water partition coefficient (Wildman–Crippen LogP) is 0.125. The van der Waals surface area contributed by atoms with Crippen LogP contribution in [-0.4, -0.2) is 52.8 Å². The van der Waals surface area contributed by atoms with Gasteiger partial charge in [-0.1, -0.05) is 12.1 Å². The summed E-state index contributed by atoms with van der Waals surface area (Å²) in [7, 11) is 1.59. The number of benzene rings is 1. The van der Waals surface area contributed by atoms with Gasteiger partial charge in [-0.25, -0.2) is 4.79 Å². The van der Waals surface area contributed by atoms with Gasteiger partial charge in [-0.05, 0) is 23.8 Å². The Morgan fingerprint density at radius 2 is 1.79 bits per heavy atom. The third kappa shape index (κ3) is 8.78. The van der Waals surface area contributed by atoms with Crippen LogP contribution in [0.4, 0.5) is 0 Å². The lowest BCUT2D eigenvalue weighted by Gasteiger charge is -1.98. The van der Waals surface area contributed by atoms with Crippen molar-refractivity contribution in [2.75, 3.05) is 20.3 Å². The number of aliphatic carboxylic acids is 1. The Labute approximate surface area is 111 Å². The number of aliphatic hydroxyl groups excluding tert-OH is 3. The Kier molecular flexibility index (Phi) is 9.07. The topological polar surface area (TPSA) is 107 Å². The molecule has 1 aromatic carbocycles. The number of hydrogen-bond donors (Lipinski definition) is 4. The Hall–Kier alpha value is -1.89. The summed E-state index contributed by atoms with van der Waals surface area (Å²) in [5.41, 5.74) is 0.836. The van der Waals surface area contributed by atoms with Crippen LogP contribution in [0, 0.1) is 0 Å². The second kappa shape index (κ2) is 10.1. The first-order valence-corrected chi connectivity index (χ1v) is 5.48. The van der Waals surface area contributed by atoms with Crippen molar-refractivity contribution in [3.63, 3.8) is 0 Å². The quantitative estimate of drug-likeness (QED) is 0.566. The minimum Gasteiger partial charge on any atom is -0.497 e. The van der Waals surface area contributed by atoms with Crippen LogP contribution in [0.15, 0.2) is 30.3 Å². The van der Waals surface area contributed by atoms with Gasteiger partial charge in [-0.2, -0.15) is 0 Å². The zero-order valence-corrected chi connectivity index (χ0v) is 10.6. The molecule has 0 unspecified atom stereocenters. The van der Waals surface area contributed by atoms with E-state index in [9.17, 15) is 4.79 Å². The Balaban J connectivity index is 0.000000459. The van der Waals surface area contributed by atoms with Gasteiger partial charge >= 0.3 is 5.97 Å². The van der Waals surface area contributed by atoms with Crippen LogP contribution < -0.4 is 4.74 Å². The smallest absolute Gasteiger partial charge is 0.328 e. The maximum Gasteiger partial charge on any atom is 0.328 e. The van der Waals surface area contributed by atoms with Crippen LogP contribution in [0.1, 0.15) is 5.56 Å². The first kappa shape index (κ1) is 17.1. The van der Waals surface area contributed by atoms with E-state index in [1.807, 2.05) is 0 Å².